The molecule has 0 radical (unpaired) electrons. The van der Waals surface area contributed by atoms with Crippen LogP contribution in [0.15, 0.2) is 12.3 Å². The molecule has 0 aliphatic heterocycles. The predicted molar refractivity (Wildman–Crippen MR) is 46.4 cm³/mol. The lowest BCUT2D eigenvalue weighted by Gasteiger charge is -1.89. The fourth-order valence-corrected chi connectivity index (χ4v) is 0.817. The van der Waals surface area contributed by atoms with Gasteiger partial charge in [-0.25, -0.2) is 0 Å². The lowest BCUT2D eigenvalue weighted by atomic mass is 10.3. The first kappa shape index (κ1) is 8.82. The highest BCUT2D eigenvalue weighted by Gasteiger charge is 1.89. The molecule has 0 unspecified atom stereocenters. The van der Waals surface area contributed by atoms with Crippen LogP contribution in [0.4, 0.5) is 0 Å². The summed E-state index contributed by atoms with van der Waals surface area (Å²) < 4.78 is 1.73. The second-order valence-electron chi connectivity index (χ2n) is 2.47. The standard InChI is InChI=1S/C9H12N2O/c1-11-9(6-7-10-11)5-3-2-4-8-12/h6-7,12H,2,4,8H2,1H3. The van der Waals surface area contributed by atoms with Gasteiger partial charge in [-0.3, -0.25) is 4.68 Å². The highest BCUT2D eigenvalue weighted by Crippen LogP contribution is 1.93. The van der Waals surface area contributed by atoms with Crippen LogP contribution in [0, 0.1) is 11.8 Å². The summed E-state index contributed by atoms with van der Waals surface area (Å²) in [7, 11) is 1.86. The number of aliphatic hydroxyl groups is 1. The van der Waals surface area contributed by atoms with Crippen LogP contribution in [-0.2, 0) is 7.05 Å². The van der Waals surface area contributed by atoms with Crippen LogP contribution in [0.5, 0.6) is 0 Å². The molecule has 12 heavy (non-hydrogen) atoms. The van der Waals surface area contributed by atoms with E-state index >= 15 is 0 Å². The summed E-state index contributed by atoms with van der Waals surface area (Å²) in [4.78, 5) is 0. The van der Waals surface area contributed by atoms with Crippen molar-refractivity contribution in [2.45, 2.75) is 12.8 Å². The molecule has 0 saturated heterocycles. The third kappa shape index (κ3) is 2.40. The Hall–Kier alpha value is -1.27. The summed E-state index contributed by atoms with van der Waals surface area (Å²) in [6.45, 7) is 0.208. The molecule has 1 N–H and O–H groups in total. The first-order valence-electron chi connectivity index (χ1n) is 3.92. The SMILES string of the molecule is Cn1nccc1C#CCCCO. The van der Waals surface area contributed by atoms with Crippen molar-refractivity contribution in [2.24, 2.45) is 7.05 Å². The molecule has 64 valence electrons. The normalized spacial score (nSPS) is 9.17. The topological polar surface area (TPSA) is 38.0 Å². The molecule has 0 amide bonds. The van der Waals surface area contributed by atoms with E-state index in [-0.39, 0.29) is 6.61 Å². The Balaban J connectivity index is 2.49. The molecule has 0 saturated carbocycles. The summed E-state index contributed by atoms with van der Waals surface area (Å²) in [5.41, 5.74) is 0.910. The monoisotopic (exact) mass is 164 g/mol. The van der Waals surface area contributed by atoms with E-state index in [0.29, 0.717) is 0 Å². The maximum atomic E-state index is 8.49. The van der Waals surface area contributed by atoms with E-state index in [9.17, 15) is 0 Å². The number of hydrogen-bond donors (Lipinski definition) is 1. The summed E-state index contributed by atoms with van der Waals surface area (Å²) in [5.74, 6) is 5.93. The molecule has 1 rings (SSSR count). The van der Waals surface area contributed by atoms with E-state index in [1.807, 2.05) is 13.1 Å². The quantitative estimate of drug-likeness (QED) is 0.512. The minimum atomic E-state index is 0.208. The van der Waals surface area contributed by atoms with Crippen molar-refractivity contribution in [3.8, 4) is 11.8 Å². The number of hydrogen-bond acceptors (Lipinski definition) is 2. The van der Waals surface area contributed by atoms with Crippen molar-refractivity contribution in [1.29, 1.82) is 0 Å². The van der Waals surface area contributed by atoms with Gasteiger partial charge in [-0.15, -0.1) is 0 Å². The van der Waals surface area contributed by atoms with Gasteiger partial charge < -0.3 is 5.11 Å². The van der Waals surface area contributed by atoms with Crippen molar-refractivity contribution >= 4 is 0 Å². The van der Waals surface area contributed by atoms with Crippen LogP contribution in [0.25, 0.3) is 0 Å². The molecule has 0 aliphatic rings. The first-order chi connectivity index (χ1) is 5.84. The third-order valence-corrected chi connectivity index (χ3v) is 1.50. The average Bonchev–Trinajstić information content (AvgIpc) is 2.46. The molecule has 0 fully saturated rings. The highest BCUT2D eigenvalue weighted by atomic mass is 16.2. The van der Waals surface area contributed by atoms with Crippen molar-refractivity contribution < 1.29 is 5.11 Å². The molecule has 3 nitrogen and oxygen atoms in total. The number of nitrogens with zero attached hydrogens (tertiary/aromatic N) is 2. The van der Waals surface area contributed by atoms with E-state index in [2.05, 4.69) is 16.9 Å². The molecule has 0 aliphatic carbocycles. The van der Waals surface area contributed by atoms with Crippen molar-refractivity contribution in [1.82, 2.24) is 9.78 Å². The van der Waals surface area contributed by atoms with E-state index in [0.717, 1.165) is 18.5 Å². The highest BCUT2D eigenvalue weighted by molar-refractivity contribution is 5.26. The number of unbranched alkanes of at least 4 members (excludes halogenated alkanes) is 1. The van der Waals surface area contributed by atoms with E-state index in [4.69, 9.17) is 5.11 Å². The minimum absolute atomic E-state index is 0.208. The fraction of sp³-hybridized carbons (Fsp3) is 0.444. The Kier molecular flexibility index (Phi) is 3.36. The molecule has 3 heteroatoms. The van der Waals surface area contributed by atoms with Gasteiger partial charge in [0.25, 0.3) is 0 Å². The third-order valence-electron chi connectivity index (χ3n) is 1.50. The predicted octanol–water partition coefficient (Wildman–Crippen LogP) is 0.544. The van der Waals surface area contributed by atoms with Gasteiger partial charge in [0, 0.05) is 20.1 Å². The smallest absolute Gasteiger partial charge is 0.110 e. The number of aryl methyl sites for hydroxylation is 1. The lowest BCUT2D eigenvalue weighted by molar-refractivity contribution is 0.290. The molecular weight excluding hydrogens is 152 g/mol. The zero-order chi connectivity index (χ0) is 8.81. The first-order valence-corrected chi connectivity index (χ1v) is 3.92. The Morgan fingerprint density at radius 3 is 3.08 bits per heavy atom. The Morgan fingerprint density at radius 1 is 1.67 bits per heavy atom. The van der Waals surface area contributed by atoms with Crippen molar-refractivity contribution in [3.05, 3.63) is 18.0 Å². The largest absolute Gasteiger partial charge is 0.396 e. The maximum absolute atomic E-state index is 8.49. The van der Waals surface area contributed by atoms with Gasteiger partial charge in [-0.1, -0.05) is 5.92 Å². The van der Waals surface area contributed by atoms with Crippen LogP contribution < -0.4 is 0 Å². The van der Waals surface area contributed by atoms with Gasteiger partial charge in [-0.05, 0) is 18.4 Å². The Labute approximate surface area is 72.0 Å². The maximum Gasteiger partial charge on any atom is 0.110 e. The molecule has 0 spiro atoms. The van der Waals surface area contributed by atoms with Crippen LogP contribution in [0.2, 0.25) is 0 Å². The van der Waals surface area contributed by atoms with Crippen molar-refractivity contribution in [3.63, 3.8) is 0 Å². The molecular formula is C9H12N2O. The lowest BCUT2D eigenvalue weighted by Crippen LogP contribution is -1.92. The zero-order valence-corrected chi connectivity index (χ0v) is 7.12. The number of rotatable bonds is 2. The van der Waals surface area contributed by atoms with E-state index in [1.165, 1.54) is 0 Å². The molecule has 0 aromatic carbocycles. The number of aliphatic hydroxyl groups excluding tert-OH is 1. The van der Waals surface area contributed by atoms with Crippen molar-refractivity contribution in [2.75, 3.05) is 6.61 Å². The second-order valence-corrected chi connectivity index (χ2v) is 2.47. The molecule has 1 heterocycles. The molecule has 0 atom stereocenters. The van der Waals surface area contributed by atoms with Gasteiger partial charge in [0.15, 0.2) is 0 Å². The fourth-order valence-electron chi connectivity index (χ4n) is 0.817. The molecule has 1 aromatic rings. The second kappa shape index (κ2) is 4.58. The summed E-state index contributed by atoms with van der Waals surface area (Å²) >= 11 is 0. The van der Waals surface area contributed by atoms with Gasteiger partial charge >= 0.3 is 0 Å². The van der Waals surface area contributed by atoms with Crippen LogP contribution in [-0.4, -0.2) is 21.5 Å². The molecule has 1 aromatic heterocycles. The van der Waals surface area contributed by atoms with Gasteiger partial charge in [0.2, 0.25) is 0 Å². The Morgan fingerprint density at radius 2 is 2.50 bits per heavy atom. The zero-order valence-electron chi connectivity index (χ0n) is 7.12. The summed E-state index contributed by atoms with van der Waals surface area (Å²) in [5, 5.41) is 12.5. The van der Waals surface area contributed by atoms with Crippen LogP contribution in [0.1, 0.15) is 18.5 Å². The van der Waals surface area contributed by atoms with E-state index < -0.39 is 0 Å². The van der Waals surface area contributed by atoms with Gasteiger partial charge in [0.1, 0.15) is 5.69 Å². The molecule has 0 bridgehead atoms. The average molecular weight is 164 g/mol. The van der Waals surface area contributed by atoms with E-state index in [1.54, 1.807) is 10.9 Å². The van der Waals surface area contributed by atoms with Gasteiger partial charge in [0.05, 0.1) is 6.20 Å². The summed E-state index contributed by atoms with van der Waals surface area (Å²) in [6.07, 6.45) is 3.20. The summed E-state index contributed by atoms with van der Waals surface area (Å²) in [6, 6.07) is 1.87. The Bertz CT molecular complexity index is 293. The van der Waals surface area contributed by atoms with Crippen LogP contribution in [0.3, 0.4) is 0 Å². The van der Waals surface area contributed by atoms with Crippen LogP contribution >= 0.6 is 0 Å². The number of aromatic nitrogens is 2. The van der Waals surface area contributed by atoms with Gasteiger partial charge in [-0.2, -0.15) is 5.10 Å². The minimum Gasteiger partial charge on any atom is -0.396 e.